The third kappa shape index (κ3) is 4.37. The van der Waals surface area contributed by atoms with Crippen LogP contribution < -0.4 is 15.5 Å². The van der Waals surface area contributed by atoms with Gasteiger partial charge >= 0.3 is 12.1 Å². The van der Waals surface area contributed by atoms with Crippen molar-refractivity contribution in [3.8, 4) is 11.3 Å². The van der Waals surface area contributed by atoms with Crippen LogP contribution in [0.15, 0.2) is 66.7 Å². The Hall–Kier alpha value is -4.34. The zero-order chi connectivity index (χ0) is 25.4. The molecule has 0 saturated heterocycles. The minimum atomic E-state index is -5.20. The smallest absolute Gasteiger partial charge is 0.364 e. The molecule has 10 heteroatoms. The maximum absolute atomic E-state index is 13.1. The van der Waals surface area contributed by atoms with Crippen LogP contribution in [0.5, 0.6) is 0 Å². The molecule has 4 aromatic rings. The number of nitrogens with zero attached hydrogens (tertiary/aromatic N) is 2. The van der Waals surface area contributed by atoms with E-state index in [1.165, 1.54) is 6.07 Å². The van der Waals surface area contributed by atoms with Crippen LogP contribution in [0.1, 0.15) is 34.6 Å². The minimum absolute atomic E-state index is 0.0593. The number of hydrogen-bond donors (Lipinski definition) is 2. The molecule has 2 aromatic heterocycles. The lowest BCUT2D eigenvalue weighted by molar-refractivity contribution is -0.199. The van der Waals surface area contributed by atoms with Crippen molar-refractivity contribution in [1.82, 2.24) is 15.0 Å². The molecular weight excluding hydrogens is 473 g/mol. The number of carbonyl (C=O) groups excluding carboxylic acids is 2. The molecule has 0 bridgehead atoms. The first-order valence-electron chi connectivity index (χ1n) is 11.3. The Kier molecular flexibility index (Phi) is 5.87. The van der Waals surface area contributed by atoms with Gasteiger partial charge < -0.3 is 15.5 Å². The quantitative estimate of drug-likeness (QED) is 0.421. The predicted molar refractivity (Wildman–Crippen MR) is 127 cm³/mol. The van der Waals surface area contributed by atoms with Crippen molar-refractivity contribution in [2.45, 2.75) is 25.6 Å². The Balaban J connectivity index is 1.61. The highest BCUT2D eigenvalue weighted by Gasteiger charge is 2.43. The van der Waals surface area contributed by atoms with Crippen LogP contribution in [0.25, 0.3) is 22.2 Å². The van der Waals surface area contributed by atoms with Crippen LogP contribution in [0, 0.1) is 0 Å². The first-order valence-corrected chi connectivity index (χ1v) is 11.3. The summed E-state index contributed by atoms with van der Waals surface area (Å²) in [6, 6.07) is 20.0. The number of hydrogen-bond acceptors (Lipinski definition) is 5. The van der Waals surface area contributed by atoms with Gasteiger partial charge in [0.05, 0.1) is 22.5 Å². The Morgan fingerprint density at radius 1 is 1.08 bits per heavy atom. The van der Waals surface area contributed by atoms with E-state index in [0.717, 1.165) is 15.7 Å². The number of alkyl halides is 3. The average molecular weight is 494 g/mol. The SMILES string of the molecule is CC(Nc1ccc2cccc(-c3cc4c(n3OC(=O)C(F)(F)F)CCNC4=O)c2n1)c1ccccc1. The number of benzene rings is 2. The van der Waals surface area contributed by atoms with Crippen LogP contribution >= 0.6 is 0 Å². The lowest BCUT2D eigenvalue weighted by Crippen LogP contribution is -2.37. The molecule has 184 valence electrons. The summed E-state index contributed by atoms with van der Waals surface area (Å²) in [6.45, 7) is 2.19. The van der Waals surface area contributed by atoms with Gasteiger partial charge in [0, 0.05) is 30.0 Å². The monoisotopic (exact) mass is 494 g/mol. The van der Waals surface area contributed by atoms with Gasteiger partial charge in [-0.3, -0.25) is 4.79 Å². The molecule has 1 aliphatic heterocycles. The molecule has 2 aromatic carbocycles. The Morgan fingerprint density at radius 3 is 2.61 bits per heavy atom. The summed E-state index contributed by atoms with van der Waals surface area (Å²) in [5.74, 6) is -2.27. The van der Waals surface area contributed by atoms with Crippen molar-refractivity contribution in [3.05, 3.63) is 83.6 Å². The molecule has 0 fully saturated rings. The largest absolute Gasteiger partial charge is 0.493 e. The molecular formula is C26H21F3N4O3. The molecule has 1 aliphatic rings. The fourth-order valence-corrected chi connectivity index (χ4v) is 4.26. The molecule has 36 heavy (non-hydrogen) atoms. The topological polar surface area (TPSA) is 85.3 Å². The van der Waals surface area contributed by atoms with E-state index in [1.54, 1.807) is 12.1 Å². The van der Waals surface area contributed by atoms with Crippen LogP contribution in [0.3, 0.4) is 0 Å². The van der Waals surface area contributed by atoms with Gasteiger partial charge in [0.25, 0.3) is 5.91 Å². The van der Waals surface area contributed by atoms with Gasteiger partial charge in [-0.1, -0.05) is 48.5 Å². The number of carbonyl (C=O) groups is 2. The van der Waals surface area contributed by atoms with Gasteiger partial charge in [0.1, 0.15) is 5.82 Å². The Morgan fingerprint density at radius 2 is 1.86 bits per heavy atom. The average Bonchev–Trinajstić information content (AvgIpc) is 3.23. The third-order valence-electron chi connectivity index (χ3n) is 6.01. The lowest BCUT2D eigenvalue weighted by Gasteiger charge is -2.18. The molecule has 1 amide bonds. The zero-order valence-electron chi connectivity index (χ0n) is 19.1. The number of pyridine rings is 1. The minimum Gasteiger partial charge on any atom is -0.364 e. The number of amides is 1. The van der Waals surface area contributed by atoms with E-state index in [2.05, 4.69) is 10.6 Å². The first-order chi connectivity index (χ1) is 17.2. The number of fused-ring (bicyclic) bond motifs is 2. The molecule has 2 N–H and O–H groups in total. The summed E-state index contributed by atoms with van der Waals surface area (Å²) in [5.41, 5.74) is 2.41. The van der Waals surface area contributed by atoms with Crippen LogP contribution in [-0.2, 0) is 11.2 Å². The summed E-state index contributed by atoms with van der Waals surface area (Å²) in [4.78, 5) is 33.7. The number of aromatic nitrogens is 2. The molecule has 1 atom stereocenters. The van der Waals surface area contributed by atoms with E-state index in [9.17, 15) is 22.8 Å². The van der Waals surface area contributed by atoms with Gasteiger partial charge in [-0.05, 0) is 30.7 Å². The lowest BCUT2D eigenvalue weighted by atomic mass is 10.1. The molecule has 3 heterocycles. The van der Waals surface area contributed by atoms with Crippen molar-refractivity contribution >= 4 is 28.6 Å². The number of rotatable bonds is 5. The number of para-hydroxylation sites is 1. The Bertz CT molecular complexity index is 1460. The number of nitrogens with one attached hydrogen (secondary N) is 2. The van der Waals surface area contributed by atoms with Gasteiger partial charge in [0.15, 0.2) is 0 Å². The fourth-order valence-electron chi connectivity index (χ4n) is 4.26. The van der Waals surface area contributed by atoms with Crippen LogP contribution in [0.4, 0.5) is 19.0 Å². The molecule has 0 radical (unpaired) electrons. The summed E-state index contributed by atoms with van der Waals surface area (Å²) in [6.07, 6.45) is -5.00. The van der Waals surface area contributed by atoms with E-state index >= 15 is 0 Å². The summed E-state index contributed by atoms with van der Waals surface area (Å²) in [7, 11) is 0. The molecule has 0 spiro atoms. The zero-order valence-corrected chi connectivity index (χ0v) is 19.1. The van der Waals surface area contributed by atoms with E-state index in [1.807, 2.05) is 55.5 Å². The van der Waals surface area contributed by atoms with Crippen molar-refractivity contribution in [3.63, 3.8) is 0 Å². The maximum Gasteiger partial charge on any atom is 0.493 e. The summed E-state index contributed by atoms with van der Waals surface area (Å²) >= 11 is 0. The van der Waals surface area contributed by atoms with Gasteiger partial charge in [-0.2, -0.15) is 17.9 Å². The third-order valence-corrected chi connectivity index (χ3v) is 6.01. The molecule has 5 rings (SSSR count). The molecule has 1 unspecified atom stereocenters. The van der Waals surface area contributed by atoms with Crippen molar-refractivity contribution in [2.24, 2.45) is 0 Å². The van der Waals surface area contributed by atoms with Crippen LogP contribution in [-0.4, -0.2) is 34.3 Å². The van der Waals surface area contributed by atoms with E-state index in [-0.39, 0.29) is 36.0 Å². The summed E-state index contributed by atoms with van der Waals surface area (Å²) < 4.78 is 40.0. The van der Waals surface area contributed by atoms with Crippen molar-refractivity contribution < 1.29 is 27.6 Å². The van der Waals surface area contributed by atoms with E-state index in [4.69, 9.17) is 9.82 Å². The van der Waals surface area contributed by atoms with Crippen molar-refractivity contribution in [1.29, 1.82) is 0 Å². The van der Waals surface area contributed by atoms with Crippen molar-refractivity contribution in [2.75, 3.05) is 11.9 Å². The fraction of sp³-hybridized carbons (Fsp3) is 0.192. The first kappa shape index (κ1) is 23.4. The maximum atomic E-state index is 13.1. The Labute approximate surface area is 203 Å². The van der Waals surface area contributed by atoms with Gasteiger partial charge in [0.2, 0.25) is 0 Å². The van der Waals surface area contributed by atoms with Gasteiger partial charge in [-0.25, -0.2) is 9.78 Å². The predicted octanol–water partition coefficient (Wildman–Crippen LogP) is 4.68. The molecule has 7 nitrogen and oxygen atoms in total. The highest BCUT2D eigenvalue weighted by molar-refractivity contribution is 6.00. The second-order valence-electron chi connectivity index (χ2n) is 8.42. The highest BCUT2D eigenvalue weighted by Crippen LogP contribution is 2.33. The molecule has 0 aliphatic carbocycles. The standard InChI is InChI=1S/C26H21F3N4O3/c1-15(16-6-3-2-4-7-16)31-22-11-10-17-8-5-9-18(23(17)32-22)21-14-19-20(12-13-30-24(19)34)33(21)36-25(35)26(27,28)29/h2-11,14-15H,12-13H2,1H3,(H,30,34)(H,31,32). The number of halogens is 3. The second-order valence-corrected chi connectivity index (χ2v) is 8.42. The molecule has 0 saturated carbocycles. The van der Waals surface area contributed by atoms with Gasteiger partial charge in [-0.15, -0.1) is 0 Å². The normalized spacial score (nSPS) is 14.2. The summed E-state index contributed by atoms with van der Waals surface area (Å²) in [5, 5.41) is 6.72. The number of anilines is 1. The van der Waals surface area contributed by atoms with E-state index < -0.39 is 18.1 Å². The van der Waals surface area contributed by atoms with Crippen LogP contribution in [0.2, 0.25) is 0 Å². The van der Waals surface area contributed by atoms with E-state index in [0.29, 0.717) is 16.9 Å². The highest BCUT2D eigenvalue weighted by atomic mass is 19.4. The second kappa shape index (κ2) is 9.03.